The van der Waals surface area contributed by atoms with Crippen molar-refractivity contribution < 1.29 is 9.90 Å². The van der Waals surface area contributed by atoms with Gasteiger partial charge in [-0.05, 0) is 42.2 Å². The minimum absolute atomic E-state index is 0.0938. The van der Waals surface area contributed by atoms with Gasteiger partial charge >= 0.3 is 0 Å². The molecular formula is C25H26N2O2. The van der Waals surface area contributed by atoms with E-state index in [-0.39, 0.29) is 11.7 Å². The number of aliphatic imine (C=N–C) groups is 1. The lowest BCUT2D eigenvalue weighted by Gasteiger charge is -2.26. The van der Waals surface area contributed by atoms with Crippen LogP contribution in [0.15, 0.2) is 94.7 Å². The molecule has 2 aromatic rings. The van der Waals surface area contributed by atoms with Crippen LogP contribution in [0, 0.1) is 6.92 Å². The van der Waals surface area contributed by atoms with Crippen LogP contribution in [0.3, 0.4) is 0 Å². The lowest BCUT2D eigenvalue weighted by molar-refractivity contribution is 0.0942. The number of carbonyl (C=O) groups is 1. The molecule has 1 atom stereocenters. The number of benzene rings is 2. The van der Waals surface area contributed by atoms with E-state index in [0.29, 0.717) is 16.8 Å². The van der Waals surface area contributed by atoms with Crippen molar-refractivity contribution in [1.82, 2.24) is 5.32 Å². The first-order chi connectivity index (χ1) is 14.1. The maximum absolute atomic E-state index is 12.9. The molecule has 0 radical (unpaired) electrons. The summed E-state index contributed by atoms with van der Waals surface area (Å²) in [7, 11) is 1.66. The topological polar surface area (TPSA) is 61.7 Å². The Labute approximate surface area is 172 Å². The van der Waals surface area contributed by atoms with Crippen LogP contribution in [-0.4, -0.2) is 23.8 Å². The number of nitrogens with one attached hydrogen (secondary N) is 1. The van der Waals surface area contributed by atoms with E-state index in [1.54, 1.807) is 19.2 Å². The molecule has 3 rings (SSSR count). The predicted molar refractivity (Wildman–Crippen MR) is 118 cm³/mol. The van der Waals surface area contributed by atoms with E-state index in [1.165, 1.54) is 0 Å². The highest BCUT2D eigenvalue weighted by Crippen LogP contribution is 2.32. The summed E-state index contributed by atoms with van der Waals surface area (Å²) in [4.78, 5) is 17.2. The van der Waals surface area contributed by atoms with Gasteiger partial charge in [0.15, 0.2) is 0 Å². The Hall–Kier alpha value is -3.40. The first-order valence-electron chi connectivity index (χ1n) is 9.77. The lowest BCUT2D eigenvalue weighted by Crippen LogP contribution is -2.32. The number of amides is 1. The molecule has 1 aliphatic rings. The zero-order valence-electron chi connectivity index (χ0n) is 17.0. The number of aliphatic hydroxyl groups excluding tert-OH is 1. The fourth-order valence-corrected chi connectivity index (χ4v) is 3.50. The van der Waals surface area contributed by atoms with Crippen molar-refractivity contribution in [2.45, 2.75) is 26.3 Å². The first-order valence-corrected chi connectivity index (χ1v) is 9.77. The zero-order valence-corrected chi connectivity index (χ0v) is 17.0. The number of aliphatic hydroxyl groups is 1. The minimum Gasteiger partial charge on any atom is -0.505 e. The van der Waals surface area contributed by atoms with E-state index < -0.39 is 6.04 Å². The Morgan fingerprint density at radius 2 is 1.79 bits per heavy atom. The van der Waals surface area contributed by atoms with Gasteiger partial charge in [-0.15, -0.1) is 0 Å². The van der Waals surface area contributed by atoms with Crippen molar-refractivity contribution >= 4 is 11.6 Å². The van der Waals surface area contributed by atoms with Crippen molar-refractivity contribution in [3.8, 4) is 0 Å². The third-order valence-electron chi connectivity index (χ3n) is 4.98. The van der Waals surface area contributed by atoms with Crippen LogP contribution < -0.4 is 5.32 Å². The van der Waals surface area contributed by atoms with Gasteiger partial charge in [0.1, 0.15) is 11.5 Å². The van der Waals surface area contributed by atoms with E-state index in [0.717, 1.165) is 23.1 Å². The van der Waals surface area contributed by atoms with Gasteiger partial charge in [-0.2, -0.15) is 0 Å². The summed E-state index contributed by atoms with van der Waals surface area (Å²) >= 11 is 0. The van der Waals surface area contributed by atoms with Crippen LogP contribution in [0.5, 0.6) is 0 Å². The molecule has 0 heterocycles. The van der Waals surface area contributed by atoms with Crippen LogP contribution in [0.1, 0.15) is 40.9 Å². The Bertz CT molecular complexity index is 1010. The van der Waals surface area contributed by atoms with E-state index in [9.17, 15) is 9.90 Å². The Balaban J connectivity index is 2.08. The van der Waals surface area contributed by atoms with Gasteiger partial charge in [0.2, 0.25) is 0 Å². The monoisotopic (exact) mass is 386 g/mol. The Kier molecular flexibility index (Phi) is 6.45. The molecule has 0 spiro atoms. The third kappa shape index (κ3) is 4.37. The molecule has 1 amide bonds. The minimum atomic E-state index is -0.500. The first kappa shape index (κ1) is 20.3. The van der Waals surface area contributed by atoms with E-state index in [1.807, 2.05) is 74.5 Å². The van der Waals surface area contributed by atoms with Gasteiger partial charge in [-0.3, -0.25) is 9.79 Å². The number of hydrogen-bond donors (Lipinski definition) is 2. The molecular weight excluding hydrogens is 360 g/mol. The Morgan fingerprint density at radius 1 is 1.10 bits per heavy atom. The van der Waals surface area contributed by atoms with Crippen LogP contribution >= 0.6 is 0 Å². The van der Waals surface area contributed by atoms with Gasteiger partial charge in [-0.1, -0.05) is 67.6 Å². The largest absolute Gasteiger partial charge is 0.505 e. The fraction of sp³-hybridized carbons (Fsp3) is 0.200. The average Bonchev–Trinajstić information content (AvgIpc) is 2.74. The molecule has 1 unspecified atom stereocenters. The summed E-state index contributed by atoms with van der Waals surface area (Å²) in [5.74, 6) is -0.103. The highest BCUT2D eigenvalue weighted by Gasteiger charge is 2.27. The third-order valence-corrected chi connectivity index (χ3v) is 4.98. The van der Waals surface area contributed by atoms with Gasteiger partial charge in [0.05, 0.1) is 6.04 Å². The summed E-state index contributed by atoms with van der Waals surface area (Å²) in [6, 6.07) is 16.5. The van der Waals surface area contributed by atoms with E-state index >= 15 is 0 Å². The van der Waals surface area contributed by atoms with Gasteiger partial charge in [-0.25, -0.2) is 0 Å². The van der Waals surface area contributed by atoms with Crippen molar-refractivity contribution in [2.24, 2.45) is 4.99 Å². The SMILES string of the molecule is CC/C=C1/C=CC(C(NC(=O)c2ccccc2)c2ccccc2C)=C(O)C1=NC. The fourth-order valence-electron chi connectivity index (χ4n) is 3.50. The summed E-state index contributed by atoms with van der Waals surface area (Å²) in [6.45, 7) is 4.04. The van der Waals surface area contributed by atoms with Gasteiger partial charge < -0.3 is 10.4 Å². The smallest absolute Gasteiger partial charge is 0.252 e. The molecule has 0 aromatic heterocycles. The van der Waals surface area contributed by atoms with Crippen LogP contribution in [-0.2, 0) is 0 Å². The van der Waals surface area contributed by atoms with Crippen molar-refractivity contribution in [2.75, 3.05) is 7.05 Å². The second-order valence-corrected chi connectivity index (χ2v) is 6.91. The second-order valence-electron chi connectivity index (χ2n) is 6.91. The molecule has 0 saturated carbocycles. The number of rotatable bonds is 5. The van der Waals surface area contributed by atoms with E-state index in [2.05, 4.69) is 10.3 Å². The Morgan fingerprint density at radius 3 is 2.45 bits per heavy atom. The molecule has 4 nitrogen and oxygen atoms in total. The van der Waals surface area contributed by atoms with Crippen molar-refractivity contribution in [3.63, 3.8) is 0 Å². The van der Waals surface area contributed by atoms with Crippen LogP contribution in [0.2, 0.25) is 0 Å². The number of aryl methyl sites for hydroxylation is 1. The van der Waals surface area contributed by atoms with Crippen LogP contribution in [0.4, 0.5) is 0 Å². The molecule has 4 heteroatoms. The summed E-state index contributed by atoms with van der Waals surface area (Å²) < 4.78 is 0. The molecule has 0 saturated heterocycles. The summed E-state index contributed by atoms with van der Waals surface area (Å²) in [5, 5.41) is 14.1. The molecule has 148 valence electrons. The highest BCUT2D eigenvalue weighted by molar-refractivity contribution is 6.14. The number of carbonyl (C=O) groups excluding carboxylic acids is 1. The average molecular weight is 386 g/mol. The van der Waals surface area contributed by atoms with E-state index in [4.69, 9.17) is 0 Å². The molecule has 2 N–H and O–H groups in total. The molecule has 0 aliphatic heterocycles. The van der Waals surface area contributed by atoms with Crippen LogP contribution in [0.25, 0.3) is 0 Å². The zero-order chi connectivity index (χ0) is 20.8. The standard InChI is InChI=1S/C25H26N2O2/c1-4-10-18-15-16-21(24(28)22(18)26-3)23(20-14-9-8-11-17(20)2)27-25(29)19-12-6-5-7-13-19/h5-16,23,28H,4H2,1-3H3,(H,27,29)/b18-10-,26-22?. The maximum Gasteiger partial charge on any atom is 0.252 e. The molecule has 2 aromatic carbocycles. The molecule has 0 fully saturated rings. The van der Waals surface area contributed by atoms with Gasteiger partial charge in [0.25, 0.3) is 5.91 Å². The van der Waals surface area contributed by atoms with Gasteiger partial charge in [0, 0.05) is 18.2 Å². The summed E-state index contributed by atoms with van der Waals surface area (Å²) in [5.41, 5.74) is 4.58. The quantitative estimate of drug-likeness (QED) is 0.737. The molecule has 1 aliphatic carbocycles. The summed E-state index contributed by atoms with van der Waals surface area (Å²) in [6.07, 6.45) is 6.68. The highest BCUT2D eigenvalue weighted by atomic mass is 16.3. The van der Waals surface area contributed by atoms with Crippen molar-refractivity contribution in [1.29, 1.82) is 0 Å². The normalized spacial score (nSPS) is 17.6. The maximum atomic E-state index is 12.9. The predicted octanol–water partition coefficient (Wildman–Crippen LogP) is 5.26. The number of allylic oxidation sites excluding steroid dienone is 3. The number of nitrogens with zero attached hydrogens (tertiary/aromatic N) is 1. The molecule has 0 bridgehead atoms. The van der Waals surface area contributed by atoms with Crippen molar-refractivity contribution in [3.05, 3.63) is 106 Å². The lowest BCUT2D eigenvalue weighted by atomic mass is 9.88. The number of hydrogen-bond acceptors (Lipinski definition) is 3. The second kappa shape index (κ2) is 9.20. The molecule has 29 heavy (non-hydrogen) atoms.